The molecule has 0 bridgehead atoms. The Morgan fingerprint density at radius 2 is 2.05 bits per heavy atom. The van der Waals surface area contributed by atoms with Gasteiger partial charge in [0.25, 0.3) is 0 Å². The highest BCUT2D eigenvalue weighted by atomic mass is 35.5. The van der Waals surface area contributed by atoms with E-state index < -0.39 is 0 Å². The standard InChI is InChI=1S/C16H23ClFN4/c1-21-6-8-22(9-7-21)16-11-13(4-5-19-16)20-12-2-3-15(18)14(17)10-12/h2-3,10,13,16,20H,4-9,11H2,1H3. The van der Waals surface area contributed by atoms with Crippen LogP contribution in [0.4, 0.5) is 10.1 Å². The summed E-state index contributed by atoms with van der Waals surface area (Å²) in [5.74, 6) is -0.374. The normalized spacial score (nSPS) is 27.8. The van der Waals surface area contributed by atoms with Crippen molar-refractivity contribution in [2.75, 3.05) is 45.1 Å². The highest BCUT2D eigenvalue weighted by Crippen LogP contribution is 2.23. The minimum absolute atomic E-state index is 0.168. The van der Waals surface area contributed by atoms with E-state index in [4.69, 9.17) is 16.9 Å². The molecule has 1 aromatic rings. The molecule has 3 rings (SSSR count). The first kappa shape index (κ1) is 16.0. The summed E-state index contributed by atoms with van der Waals surface area (Å²) in [4.78, 5) is 4.83. The van der Waals surface area contributed by atoms with Gasteiger partial charge >= 0.3 is 0 Å². The number of hydrogen-bond acceptors (Lipinski definition) is 3. The van der Waals surface area contributed by atoms with Crippen molar-refractivity contribution in [1.82, 2.24) is 15.1 Å². The van der Waals surface area contributed by atoms with Crippen molar-refractivity contribution >= 4 is 17.3 Å². The van der Waals surface area contributed by atoms with Crippen molar-refractivity contribution in [2.45, 2.75) is 25.0 Å². The molecule has 2 atom stereocenters. The van der Waals surface area contributed by atoms with Crippen LogP contribution in [-0.2, 0) is 0 Å². The predicted molar refractivity (Wildman–Crippen MR) is 87.9 cm³/mol. The third-order valence-electron chi connectivity index (χ3n) is 4.56. The van der Waals surface area contributed by atoms with E-state index in [0.717, 1.165) is 51.3 Å². The van der Waals surface area contributed by atoms with Gasteiger partial charge in [-0.05, 0) is 38.1 Å². The third-order valence-corrected chi connectivity index (χ3v) is 4.85. The van der Waals surface area contributed by atoms with E-state index in [-0.39, 0.29) is 10.8 Å². The molecule has 2 aliphatic rings. The van der Waals surface area contributed by atoms with Crippen LogP contribution in [0.3, 0.4) is 0 Å². The number of rotatable bonds is 3. The molecule has 1 aromatic carbocycles. The third kappa shape index (κ3) is 3.90. The van der Waals surface area contributed by atoms with Crippen molar-refractivity contribution in [2.24, 2.45) is 0 Å². The van der Waals surface area contributed by atoms with E-state index in [1.54, 1.807) is 12.1 Å². The van der Waals surface area contributed by atoms with E-state index in [2.05, 4.69) is 22.2 Å². The fourth-order valence-corrected chi connectivity index (χ4v) is 3.34. The van der Waals surface area contributed by atoms with Gasteiger partial charge in [0.1, 0.15) is 5.82 Å². The molecule has 121 valence electrons. The topological polar surface area (TPSA) is 32.6 Å². The molecule has 22 heavy (non-hydrogen) atoms. The minimum atomic E-state index is -0.374. The van der Waals surface area contributed by atoms with E-state index in [9.17, 15) is 4.39 Å². The van der Waals surface area contributed by atoms with E-state index in [0.29, 0.717) is 12.2 Å². The van der Waals surface area contributed by atoms with Gasteiger partial charge in [0, 0.05) is 44.5 Å². The van der Waals surface area contributed by atoms with Crippen LogP contribution in [0, 0.1) is 5.82 Å². The number of hydrogen-bond donors (Lipinski definition) is 1. The zero-order valence-electron chi connectivity index (χ0n) is 12.9. The van der Waals surface area contributed by atoms with Gasteiger partial charge in [-0.2, -0.15) is 0 Å². The minimum Gasteiger partial charge on any atom is -0.382 e. The first-order valence-electron chi connectivity index (χ1n) is 7.92. The van der Waals surface area contributed by atoms with Crippen molar-refractivity contribution in [3.8, 4) is 0 Å². The Balaban J connectivity index is 1.57. The molecule has 1 radical (unpaired) electrons. The zero-order valence-corrected chi connectivity index (χ0v) is 13.7. The van der Waals surface area contributed by atoms with Gasteiger partial charge in [-0.3, -0.25) is 4.90 Å². The van der Waals surface area contributed by atoms with Crippen LogP contribution in [-0.4, -0.2) is 61.8 Å². The summed E-state index contributed by atoms with van der Waals surface area (Å²) >= 11 is 5.85. The van der Waals surface area contributed by atoms with E-state index in [1.807, 2.05) is 0 Å². The Labute approximate surface area is 136 Å². The molecule has 2 unspecified atom stereocenters. The molecule has 0 saturated carbocycles. The fourth-order valence-electron chi connectivity index (χ4n) is 3.16. The van der Waals surface area contributed by atoms with Crippen LogP contribution < -0.4 is 10.6 Å². The molecular weight excluding hydrogens is 303 g/mol. The first-order valence-corrected chi connectivity index (χ1v) is 8.30. The lowest BCUT2D eigenvalue weighted by Crippen LogP contribution is -2.55. The molecule has 2 fully saturated rings. The number of anilines is 1. The summed E-state index contributed by atoms with van der Waals surface area (Å²) in [5, 5.41) is 8.43. The zero-order chi connectivity index (χ0) is 15.5. The maximum atomic E-state index is 13.2. The van der Waals surface area contributed by atoms with Crippen molar-refractivity contribution < 1.29 is 4.39 Å². The number of piperazine rings is 1. The average molecular weight is 326 g/mol. The summed E-state index contributed by atoms with van der Waals surface area (Å²) in [6.07, 6.45) is 2.31. The monoisotopic (exact) mass is 325 g/mol. The summed E-state index contributed by atoms with van der Waals surface area (Å²) in [5.41, 5.74) is 0.885. The summed E-state index contributed by atoms with van der Waals surface area (Å²) < 4.78 is 13.2. The number of nitrogens with zero attached hydrogens (tertiary/aromatic N) is 3. The lowest BCUT2D eigenvalue weighted by molar-refractivity contribution is 0.0742. The van der Waals surface area contributed by atoms with Crippen LogP contribution in [0.2, 0.25) is 5.02 Å². The summed E-state index contributed by atoms with van der Waals surface area (Å²) in [7, 11) is 2.16. The highest BCUT2D eigenvalue weighted by molar-refractivity contribution is 6.31. The SMILES string of the molecule is CN1CCN(C2CC(Nc3ccc(F)c(Cl)c3)CC[N]2)CC1. The van der Waals surface area contributed by atoms with E-state index >= 15 is 0 Å². The second-order valence-corrected chi connectivity index (χ2v) is 6.63. The van der Waals surface area contributed by atoms with Crippen LogP contribution in [0.15, 0.2) is 18.2 Å². The van der Waals surface area contributed by atoms with Gasteiger partial charge in [-0.1, -0.05) is 11.6 Å². The molecule has 4 nitrogen and oxygen atoms in total. The lowest BCUT2D eigenvalue weighted by Gasteiger charge is -2.41. The Hall–Kier alpha value is -0.880. The molecule has 2 aliphatic heterocycles. The number of likely N-dealkylation sites (N-methyl/N-ethyl adjacent to an activating group) is 1. The second kappa shape index (κ2) is 7.13. The summed E-state index contributed by atoms with van der Waals surface area (Å²) in [6.45, 7) is 5.26. The second-order valence-electron chi connectivity index (χ2n) is 6.22. The predicted octanol–water partition coefficient (Wildman–Crippen LogP) is 2.23. The molecule has 0 aliphatic carbocycles. The van der Waals surface area contributed by atoms with Crippen molar-refractivity contribution in [3.05, 3.63) is 29.0 Å². The van der Waals surface area contributed by atoms with Crippen LogP contribution >= 0.6 is 11.6 Å². The van der Waals surface area contributed by atoms with Gasteiger partial charge in [-0.15, -0.1) is 0 Å². The lowest BCUT2D eigenvalue weighted by atomic mass is 10.0. The Bertz CT molecular complexity index is 505. The molecule has 0 amide bonds. The van der Waals surface area contributed by atoms with Gasteiger partial charge < -0.3 is 10.2 Å². The average Bonchev–Trinajstić information content (AvgIpc) is 2.52. The molecule has 2 saturated heterocycles. The highest BCUT2D eigenvalue weighted by Gasteiger charge is 2.29. The molecular formula is C16H23ClFN4. The van der Waals surface area contributed by atoms with Crippen molar-refractivity contribution in [3.63, 3.8) is 0 Å². The van der Waals surface area contributed by atoms with Crippen LogP contribution in [0.1, 0.15) is 12.8 Å². The largest absolute Gasteiger partial charge is 0.382 e. The Morgan fingerprint density at radius 1 is 1.27 bits per heavy atom. The van der Waals surface area contributed by atoms with Gasteiger partial charge in [0.15, 0.2) is 0 Å². The summed E-state index contributed by atoms with van der Waals surface area (Å²) in [6, 6.07) is 5.19. The first-order chi connectivity index (χ1) is 10.6. The number of benzene rings is 1. The maximum Gasteiger partial charge on any atom is 0.141 e. The Kier molecular flexibility index (Phi) is 5.18. The molecule has 6 heteroatoms. The molecule has 0 spiro atoms. The van der Waals surface area contributed by atoms with Crippen LogP contribution in [0.25, 0.3) is 0 Å². The van der Waals surface area contributed by atoms with Gasteiger partial charge in [-0.25, -0.2) is 9.71 Å². The maximum absolute atomic E-state index is 13.2. The molecule has 2 heterocycles. The fraction of sp³-hybridized carbons (Fsp3) is 0.625. The number of nitrogens with one attached hydrogen (secondary N) is 1. The smallest absolute Gasteiger partial charge is 0.141 e. The Morgan fingerprint density at radius 3 is 2.77 bits per heavy atom. The van der Waals surface area contributed by atoms with Gasteiger partial charge in [0.2, 0.25) is 0 Å². The number of piperidine rings is 1. The molecule has 0 aromatic heterocycles. The molecule has 1 N–H and O–H groups in total. The number of halogens is 2. The van der Waals surface area contributed by atoms with Gasteiger partial charge in [0.05, 0.1) is 11.2 Å². The quantitative estimate of drug-likeness (QED) is 0.925. The van der Waals surface area contributed by atoms with Crippen LogP contribution in [0.5, 0.6) is 0 Å². The van der Waals surface area contributed by atoms with Crippen molar-refractivity contribution in [1.29, 1.82) is 0 Å². The van der Waals surface area contributed by atoms with E-state index in [1.165, 1.54) is 6.07 Å².